The minimum atomic E-state index is -0.857. The zero-order valence-electron chi connectivity index (χ0n) is 18.4. The molecule has 172 valence electrons. The summed E-state index contributed by atoms with van der Waals surface area (Å²) < 4.78 is 12.0. The second-order valence-electron chi connectivity index (χ2n) is 7.71. The number of fused-ring (bicyclic) bond motifs is 1. The van der Waals surface area contributed by atoms with E-state index in [9.17, 15) is 19.2 Å². The van der Waals surface area contributed by atoms with E-state index in [0.717, 1.165) is 5.69 Å². The number of aryl methyl sites for hydroxylation is 2. The lowest BCUT2D eigenvalue weighted by Gasteiger charge is -2.34. The van der Waals surface area contributed by atoms with Crippen molar-refractivity contribution in [3.63, 3.8) is 0 Å². The number of aromatic nitrogens is 2. The molecule has 10 heteroatoms. The molecule has 4 rings (SSSR count). The zero-order chi connectivity index (χ0) is 23.5. The predicted molar refractivity (Wildman–Crippen MR) is 118 cm³/mol. The van der Waals surface area contributed by atoms with E-state index in [-0.39, 0.29) is 23.1 Å². The highest BCUT2D eigenvalue weighted by Crippen LogP contribution is 2.13. The molecular weight excluding hydrogens is 428 g/mol. The van der Waals surface area contributed by atoms with Gasteiger partial charge in [-0.1, -0.05) is 0 Å². The lowest BCUT2D eigenvalue weighted by atomic mass is 10.2. The Bertz CT molecular complexity index is 1260. The second kappa shape index (κ2) is 9.27. The number of ether oxygens (including phenoxy) is 1. The fraction of sp³-hybridized carbons (Fsp3) is 0.348. The van der Waals surface area contributed by atoms with Crippen LogP contribution in [0.4, 0.5) is 0 Å². The van der Waals surface area contributed by atoms with Crippen LogP contribution in [-0.2, 0) is 16.1 Å². The van der Waals surface area contributed by atoms with Gasteiger partial charge in [0, 0.05) is 44.6 Å². The van der Waals surface area contributed by atoms with E-state index in [1.54, 1.807) is 33.7 Å². The Kier molecular flexibility index (Phi) is 6.25. The molecule has 10 nitrogen and oxygen atoms in total. The summed E-state index contributed by atoms with van der Waals surface area (Å²) >= 11 is 0. The Morgan fingerprint density at radius 1 is 1.09 bits per heavy atom. The van der Waals surface area contributed by atoms with Crippen molar-refractivity contribution in [2.24, 2.45) is 0 Å². The molecule has 4 heterocycles. The van der Waals surface area contributed by atoms with Crippen molar-refractivity contribution < 1.29 is 23.5 Å². The van der Waals surface area contributed by atoms with Crippen molar-refractivity contribution in [2.45, 2.75) is 20.4 Å². The number of nitrogens with zero attached hydrogens (tertiary/aromatic N) is 4. The predicted octanol–water partition coefficient (Wildman–Crippen LogP) is 1.46. The van der Waals surface area contributed by atoms with Crippen LogP contribution in [0.15, 0.2) is 45.9 Å². The van der Waals surface area contributed by atoms with Gasteiger partial charge in [-0.3, -0.25) is 14.4 Å². The van der Waals surface area contributed by atoms with Crippen LogP contribution in [0.5, 0.6) is 0 Å². The van der Waals surface area contributed by atoms with Crippen molar-refractivity contribution in [1.29, 1.82) is 0 Å². The average molecular weight is 452 g/mol. The Labute approximate surface area is 189 Å². The molecule has 1 aliphatic heterocycles. The van der Waals surface area contributed by atoms with Crippen molar-refractivity contribution >= 4 is 28.8 Å². The fourth-order valence-corrected chi connectivity index (χ4v) is 3.76. The van der Waals surface area contributed by atoms with Gasteiger partial charge in [0.15, 0.2) is 12.4 Å². The van der Waals surface area contributed by atoms with Gasteiger partial charge in [0.05, 0.1) is 11.6 Å². The Morgan fingerprint density at radius 3 is 2.48 bits per heavy atom. The van der Waals surface area contributed by atoms with E-state index < -0.39 is 18.0 Å². The zero-order valence-corrected chi connectivity index (χ0v) is 18.4. The molecule has 3 aromatic heterocycles. The molecule has 0 spiro atoms. The topological polar surface area (TPSA) is 115 Å². The van der Waals surface area contributed by atoms with E-state index >= 15 is 0 Å². The molecule has 0 bridgehead atoms. The summed E-state index contributed by atoms with van der Waals surface area (Å²) in [4.78, 5) is 57.8. The summed E-state index contributed by atoms with van der Waals surface area (Å²) in [7, 11) is 0. The number of carbonyl (C=O) groups excluding carboxylic acids is 3. The number of carbonyl (C=O) groups is 3. The summed E-state index contributed by atoms with van der Waals surface area (Å²) in [5.41, 5.74) is 0.634. The Balaban J connectivity index is 1.38. The maximum absolute atomic E-state index is 12.8. The minimum absolute atomic E-state index is 0.142. The van der Waals surface area contributed by atoms with Gasteiger partial charge in [-0.2, -0.15) is 0 Å². The molecule has 0 atom stereocenters. The maximum Gasteiger partial charge on any atom is 0.344 e. The monoisotopic (exact) mass is 452 g/mol. The molecule has 1 saturated heterocycles. The lowest BCUT2D eigenvalue weighted by Crippen LogP contribution is -2.51. The lowest BCUT2D eigenvalue weighted by molar-refractivity contribution is -0.136. The van der Waals surface area contributed by atoms with Crippen LogP contribution in [0, 0.1) is 6.92 Å². The number of furan rings is 1. The van der Waals surface area contributed by atoms with E-state index in [2.05, 4.69) is 4.98 Å². The van der Waals surface area contributed by atoms with E-state index in [0.29, 0.717) is 43.8 Å². The van der Waals surface area contributed by atoms with Gasteiger partial charge < -0.3 is 23.5 Å². The van der Waals surface area contributed by atoms with Crippen LogP contribution in [0.1, 0.15) is 33.5 Å². The first kappa shape index (κ1) is 22.3. The first-order valence-corrected chi connectivity index (χ1v) is 10.7. The number of rotatable bonds is 5. The highest BCUT2D eigenvalue weighted by Gasteiger charge is 2.27. The number of hydrogen-bond donors (Lipinski definition) is 0. The fourth-order valence-electron chi connectivity index (χ4n) is 3.76. The second-order valence-corrected chi connectivity index (χ2v) is 7.71. The first-order chi connectivity index (χ1) is 15.9. The summed E-state index contributed by atoms with van der Waals surface area (Å²) in [5, 5.41) is 0.320. The average Bonchev–Trinajstić information content (AvgIpc) is 3.37. The molecular formula is C23H24N4O6. The summed E-state index contributed by atoms with van der Waals surface area (Å²) in [5.74, 6) is -1.22. The van der Waals surface area contributed by atoms with Gasteiger partial charge in [0.2, 0.25) is 5.43 Å². The van der Waals surface area contributed by atoms with Gasteiger partial charge in [-0.05, 0) is 38.1 Å². The van der Waals surface area contributed by atoms with Crippen molar-refractivity contribution in [2.75, 3.05) is 32.8 Å². The van der Waals surface area contributed by atoms with Crippen LogP contribution in [0.3, 0.4) is 0 Å². The largest absolute Gasteiger partial charge is 0.459 e. The van der Waals surface area contributed by atoms with Crippen LogP contribution < -0.4 is 5.43 Å². The molecule has 0 saturated carbocycles. The summed E-state index contributed by atoms with van der Waals surface area (Å²) in [6.45, 7) is 5.04. The van der Waals surface area contributed by atoms with Gasteiger partial charge >= 0.3 is 5.97 Å². The SMILES string of the molecule is CCn1cc(C(=O)OCC(=O)N2CCN(C(=O)c3ccco3)CC2)c(=O)c2ccc(C)nc21. The summed E-state index contributed by atoms with van der Waals surface area (Å²) in [6.07, 6.45) is 2.85. The molecule has 0 radical (unpaired) electrons. The Hall–Kier alpha value is -3.95. The third kappa shape index (κ3) is 4.50. The minimum Gasteiger partial charge on any atom is -0.459 e. The van der Waals surface area contributed by atoms with Gasteiger partial charge in [-0.25, -0.2) is 9.78 Å². The van der Waals surface area contributed by atoms with E-state index in [1.165, 1.54) is 17.4 Å². The highest BCUT2D eigenvalue weighted by molar-refractivity contribution is 5.94. The number of piperazine rings is 1. The van der Waals surface area contributed by atoms with Gasteiger partial charge in [-0.15, -0.1) is 0 Å². The molecule has 1 aliphatic rings. The number of hydrogen-bond acceptors (Lipinski definition) is 7. The molecule has 3 aromatic rings. The number of esters is 1. The third-order valence-electron chi connectivity index (χ3n) is 5.60. The first-order valence-electron chi connectivity index (χ1n) is 10.7. The maximum atomic E-state index is 12.8. The molecule has 0 unspecified atom stereocenters. The van der Waals surface area contributed by atoms with Crippen LogP contribution in [-0.4, -0.2) is 69.9 Å². The normalized spacial score (nSPS) is 13.9. The quantitative estimate of drug-likeness (QED) is 0.538. The molecule has 33 heavy (non-hydrogen) atoms. The van der Waals surface area contributed by atoms with E-state index in [1.807, 2.05) is 13.8 Å². The summed E-state index contributed by atoms with van der Waals surface area (Å²) in [6, 6.07) is 6.58. The highest BCUT2D eigenvalue weighted by atomic mass is 16.5. The molecule has 0 aliphatic carbocycles. The number of amides is 2. The van der Waals surface area contributed by atoms with Crippen molar-refractivity contribution in [1.82, 2.24) is 19.4 Å². The van der Waals surface area contributed by atoms with Crippen molar-refractivity contribution in [3.05, 3.63) is 64.0 Å². The van der Waals surface area contributed by atoms with Crippen LogP contribution in [0.25, 0.3) is 11.0 Å². The molecule has 1 fully saturated rings. The van der Waals surface area contributed by atoms with Gasteiger partial charge in [0.25, 0.3) is 11.8 Å². The van der Waals surface area contributed by atoms with Crippen LogP contribution in [0.2, 0.25) is 0 Å². The standard InChI is InChI=1S/C23H24N4O6/c1-3-25-13-17(20(29)16-7-6-15(2)24-21(16)25)23(31)33-14-19(28)26-8-10-27(11-9-26)22(30)18-5-4-12-32-18/h4-7,12-13H,3,8-11,14H2,1-2H3. The van der Waals surface area contributed by atoms with E-state index in [4.69, 9.17) is 9.15 Å². The molecule has 2 amide bonds. The van der Waals surface area contributed by atoms with Crippen molar-refractivity contribution in [3.8, 4) is 0 Å². The molecule has 0 aromatic carbocycles. The number of pyridine rings is 2. The third-order valence-corrected chi connectivity index (χ3v) is 5.60. The molecule has 0 N–H and O–H groups in total. The smallest absolute Gasteiger partial charge is 0.344 e. The van der Waals surface area contributed by atoms with Gasteiger partial charge in [0.1, 0.15) is 11.2 Å². The van der Waals surface area contributed by atoms with Crippen LogP contribution >= 0.6 is 0 Å². The Morgan fingerprint density at radius 2 is 1.82 bits per heavy atom.